The van der Waals surface area contributed by atoms with Gasteiger partial charge in [0.05, 0.1) is 23.6 Å². The Labute approximate surface area is 157 Å². The molecule has 0 saturated heterocycles. The van der Waals surface area contributed by atoms with Gasteiger partial charge in [0.1, 0.15) is 5.82 Å². The second kappa shape index (κ2) is 9.04. The molecule has 0 aliphatic heterocycles. The van der Waals surface area contributed by atoms with E-state index in [2.05, 4.69) is 15.3 Å². The van der Waals surface area contributed by atoms with E-state index in [1.165, 1.54) is 43.7 Å². The minimum absolute atomic E-state index is 0.0312. The van der Waals surface area contributed by atoms with Crippen molar-refractivity contribution in [2.24, 2.45) is 0 Å². The van der Waals surface area contributed by atoms with Crippen LogP contribution in [0.2, 0.25) is 5.02 Å². The molecular formula is C16H19ClN4O4S. The maximum absolute atomic E-state index is 12.5. The molecule has 8 nitrogen and oxygen atoms in total. The van der Waals surface area contributed by atoms with Gasteiger partial charge in [0.25, 0.3) is 5.91 Å². The van der Waals surface area contributed by atoms with Gasteiger partial charge in [0.15, 0.2) is 0 Å². The first-order chi connectivity index (χ1) is 12.3. The summed E-state index contributed by atoms with van der Waals surface area (Å²) in [5, 5.41) is 3.10. The Kier molecular flexibility index (Phi) is 7.04. The first-order valence-electron chi connectivity index (χ1n) is 7.64. The molecule has 1 aromatic carbocycles. The second-order valence-electron chi connectivity index (χ2n) is 5.35. The van der Waals surface area contributed by atoms with Crippen LogP contribution in [0.4, 0.5) is 0 Å². The predicted molar refractivity (Wildman–Crippen MR) is 96.3 cm³/mol. The number of rotatable bonds is 8. The van der Waals surface area contributed by atoms with Gasteiger partial charge < -0.3 is 10.1 Å². The summed E-state index contributed by atoms with van der Waals surface area (Å²) in [5.41, 5.74) is 0.285. The van der Waals surface area contributed by atoms with E-state index in [4.69, 9.17) is 16.3 Å². The number of nitrogens with zero attached hydrogens (tertiary/aromatic N) is 3. The zero-order valence-electron chi connectivity index (χ0n) is 14.3. The van der Waals surface area contributed by atoms with Crippen LogP contribution < -0.4 is 5.32 Å². The van der Waals surface area contributed by atoms with E-state index in [0.717, 1.165) is 4.31 Å². The van der Waals surface area contributed by atoms with Gasteiger partial charge in [-0.15, -0.1) is 0 Å². The number of amides is 1. The highest BCUT2D eigenvalue weighted by atomic mass is 35.5. The molecule has 1 N–H and O–H groups in total. The van der Waals surface area contributed by atoms with Crippen molar-refractivity contribution in [3.63, 3.8) is 0 Å². The van der Waals surface area contributed by atoms with E-state index in [9.17, 15) is 13.2 Å². The van der Waals surface area contributed by atoms with Crippen LogP contribution in [0.5, 0.6) is 0 Å². The number of ether oxygens (including phenoxy) is 1. The smallest absolute Gasteiger partial charge is 0.254 e. The lowest BCUT2D eigenvalue weighted by atomic mass is 10.3. The standard InChI is InChI=1S/C16H19ClN4O4S/c1-21(26(23,24)14-5-3-13(17)4-6-14)11-15-19-9-12(10-20-15)16(22)18-7-8-25-2/h3-6,9-10H,7-8,11H2,1-2H3,(H,18,22). The molecule has 0 bridgehead atoms. The maximum atomic E-state index is 12.5. The molecule has 0 unspecified atom stereocenters. The Balaban J connectivity index is 2.03. The van der Waals surface area contributed by atoms with E-state index in [1.54, 1.807) is 7.11 Å². The van der Waals surface area contributed by atoms with Gasteiger partial charge in [-0.25, -0.2) is 18.4 Å². The average Bonchev–Trinajstić information content (AvgIpc) is 2.62. The van der Waals surface area contributed by atoms with E-state index in [-0.39, 0.29) is 28.7 Å². The Morgan fingerprint density at radius 2 is 1.85 bits per heavy atom. The number of carbonyl (C=O) groups is 1. The third-order valence-electron chi connectivity index (χ3n) is 3.45. The summed E-state index contributed by atoms with van der Waals surface area (Å²) < 4.78 is 31.0. The lowest BCUT2D eigenvalue weighted by Crippen LogP contribution is -2.28. The number of nitrogens with one attached hydrogen (secondary N) is 1. The molecule has 2 aromatic rings. The summed E-state index contributed by atoms with van der Waals surface area (Å²) in [6.45, 7) is 0.744. The van der Waals surface area contributed by atoms with Crippen molar-refractivity contribution in [1.29, 1.82) is 0 Å². The van der Waals surface area contributed by atoms with Gasteiger partial charge >= 0.3 is 0 Å². The molecule has 2 rings (SSSR count). The van der Waals surface area contributed by atoms with Crippen molar-refractivity contribution < 1.29 is 17.9 Å². The minimum Gasteiger partial charge on any atom is -0.383 e. The van der Waals surface area contributed by atoms with Crippen LogP contribution in [-0.2, 0) is 21.3 Å². The van der Waals surface area contributed by atoms with Gasteiger partial charge in [0, 0.05) is 38.1 Å². The first kappa shape index (κ1) is 20.2. The molecule has 1 heterocycles. The van der Waals surface area contributed by atoms with E-state index >= 15 is 0 Å². The van der Waals surface area contributed by atoms with E-state index in [0.29, 0.717) is 18.2 Å². The number of carbonyl (C=O) groups excluding carboxylic acids is 1. The summed E-state index contributed by atoms with van der Waals surface area (Å²) in [6.07, 6.45) is 2.71. The minimum atomic E-state index is -3.69. The van der Waals surface area contributed by atoms with Crippen LogP contribution in [0, 0.1) is 0 Å². The molecule has 0 aliphatic rings. The monoisotopic (exact) mass is 398 g/mol. The third-order valence-corrected chi connectivity index (χ3v) is 5.51. The summed E-state index contributed by atoms with van der Waals surface area (Å²) in [6, 6.07) is 5.89. The quantitative estimate of drug-likeness (QED) is 0.673. The largest absolute Gasteiger partial charge is 0.383 e. The van der Waals surface area contributed by atoms with Gasteiger partial charge in [0.2, 0.25) is 10.0 Å². The predicted octanol–water partition coefficient (Wildman–Crippen LogP) is 1.33. The zero-order chi connectivity index (χ0) is 19.2. The highest BCUT2D eigenvalue weighted by Crippen LogP contribution is 2.18. The molecule has 0 saturated carbocycles. The Morgan fingerprint density at radius 3 is 2.42 bits per heavy atom. The highest BCUT2D eigenvalue weighted by Gasteiger charge is 2.21. The lowest BCUT2D eigenvalue weighted by molar-refractivity contribution is 0.0936. The molecule has 1 amide bonds. The summed E-state index contributed by atoms with van der Waals surface area (Å²) in [4.78, 5) is 20.1. The van der Waals surface area contributed by atoms with Crippen LogP contribution in [0.3, 0.4) is 0 Å². The van der Waals surface area contributed by atoms with Crippen molar-refractivity contribution in [2.75, 3.05) is 27.3 Å². The number of hydrogen-bond acceptors (Lipinski definition) is 6. The number of sulfonamides is 1. The van der Waals surface area contributed by atoms with Crippen LogP contribution in [-0.4, -0.2) is 55.9 Å². The molecule has 0 aliphatic carbocycles. The number of halogens is 1. The first-order valence-corrected chi connectivity index (χ1v) is 9.46. The molecule has 0 spiro atoms. The summed E-state index contributed by atoms with van der Waals surface area (Å²) in [5.74, 6) is -0.0470. The van der Waals surface area contributed by atoms with Crippen molar-refractivity contribution in [1.82, 2.24) is 19.6 Å². The number of aromatic nitrogens is 2. The molecule has 140 valence electrons. The van der Waals surface area contributed by atoms with Gasteiger partial charge in [-0.1, -0.05) is 11.6 Å². The van der Waals surface area contributed by atoms with Gasteiger partial charge in [-0.05, 0) is 24.3 Å². The number of benzene rings is 1. The van der Waals surface area contributed by atoms with Gasteiger partial charge in [-0.3, -0.25) is 4.79 Å². The Bertz CT molecular complexity index is 842. The van der Waals surface area contributed by atoms with Crippen LogP contribution in [0.1, 0.15) is 16.2 Å². The van der Waals surface area contributed by atoms with E-state index in [1.807, 2.05) is 0 Å². The van der Waals surface area contributed by atoms with Crippen LogP contribution in [0.15, 0.2) is 41.6 Å². The molecule has 0 radical (unpaired) electrons. The average molecular weight is 399 g/mol. The zero-order valence-corrected chi connectivity index (χ0v) is 15.9. The fourth-order valence-electron chi connectivity index (χ4n) is 1.99. The fraction of sp³-hybridized carbons (Fsp3) is 0.312. The molecule has 10 heteroatoms. The molecule has 26 heavy (non-hydrogen) atoms. The van der Waals surface area contributed by atoms with Gasteiger partial charge in [-0.2, -0.15) is 4.31 Å². The lowest BCUT2D eigenvalue weighted by Gasteiger charge is -2.16. The van der Waals surface area contributed by atoms with Crippen molar-refractivity contribution in [2.45, 2.75) is 11.4 Å². The van der Waals surface area contributed by atoms with Crippen LogP contribution >= 0.6 is 11.6 Å². The Hall–Kier alpha value is -2.07. The topological polar surface area (TPSA) is 101 Å². The summed E-state index contributed by atoms with van der Waals surface area (Å²) >= 11 is 5.78. The normalized spacial score (nSPS) is 11.5. The SMILES string of the molecule is COCCNC(=O)c1cnc(CN(C)S(=O)(=O)c2ccc(Cl)cc2)nc1. The van der Waals surface area contributed by atoms with Crippen molar-refractivity contribution >= 4 is 27.5 Å². The summed E-state index contributed by atoms with van der Waals surface area (Å²) in [7, 11) is -0.724. The molecule has 0 fully saturated rings. The van der Waals surface area contributed by atoms with E-state index < -0.39 is 10.0 Å². The van der Waals surface area contributed by atoms with Crippen LogP contribution in [0.25, 0.3) is 0 Å². The maximum Gasteiger partial charge on any atom is 0.254 e. The fourth-order valence-corrected chi connectivity index (χ4v) is 3.24. The number of hydrogen-bond donors (Lipinski definition) is 1. The Morgan fingerprint density at radius 1 is 1.23 bits per heavy atom. The van der Waals surface area contributed by atoms with Crippen molar-refractivity contribution in [3.8, 4) is 0 Å². The van der Waals surface area contributed by atoms with Crippen molar-refractivity contribution in [3.05, 3.63) is 53.1 Å². The molecule has 1 aromatic heterocycles. The molecule has 0 atom stereocenters. The third kappa shape index (κ3) is 5.21. The number of methoxy groups -OCH3 is 1. The highest BCUT2D eigenvalue weighted by molar-refractivity contribution is 7.89. The molecular weight excluding hydrogens is 380 g/mol. The second-order valence-corrected chi connectivity index (χ2v) is 7.83.